The van der Waals surface area contributed by atoms with Crippen LogP contribution in [0.25, 0.3) is 0 Å². The molecule has 1 aliphatic rings. The van der Waals surface area contributed by atoms with E-state index in [2.05, 4.69) is 15.5 Å². The van der Waals surface area contributed by atoms with Crippen LogP contribution in [0.3, 0.4) is 0 Å². The minimum atomic E-state index is -0.833. The summed E-state index contributed by atoms with van der Waals surface area (Å²) in [4.78, 5) is 14.3. The van der Waals surface area contributed by atoms with Gasteiger partial charge in [0.1, 0.15) is 0 Å². The number of piperidine rings is 1. The van der Waals surface area contributed by atoms with Crippen LogP contribution >= 0.6 is 0 Å². The number of likely N-dealkylation sites (tertiary alicyclic amines) is 1. The summed E-state index contributed by atoms with van der Waals surface area (Å²) < 4.78 is 26.3. The molecule has 1 saturated heterocycles. The fourth-order valence-electron chi connectivity index (χ4n) is 3.39. The molecule has 0 saturated carbocycles. The maximum Gasteiger partial charge on any atom is 0.315 e. The van der Waals surface area contributed by atoms with Gasteiger partial charge in [-0.05, 0) is 41.7 Å². The number of halogens is 2. The molecule has 0 aromatic heterocycles. The Morgan fingerprint density at radius 3 is 2.50 bits per heavy atom. The van der Waals surface area contributed by atoms with Crippen molar-refractivity contribution in [3.63, 3.8) is 0 Å². The van der Waals surface area contributed by atoms with Gasteiger partial charge in [0.25, 0.3) is 0 Å². The third kappa shape index (κ3) is 5.74. The van der Waals surface area contributed by atoms with Crippen molar-refractivity contribution in [2.45, 2.75) is 38.6 Å². The Balaban J connectivity index is 1.39. The average molecular weight is 389 g/mol. The molecule has 0 bridgehead atoms. The highest BCUT2D eigenvalue weighted by molar-refractivity contribution is 5.74. The smallest absolute Gasteiger partial charge is 0.315 e. The molecule has 0 radical (unpaired) electrons. The van der Waals surface area contributed by atoms with Gasteiger partial charge in [-0.3, -0.25) is 4.90 Å². The number of aliphatic hydroxyl groups is 1. The molecule has 2 amide bonds. The second-order valence-electron chi connectivity index (χ2n) is 7.10. The second-order valence-corrected chi connectivity index (χ2v) is 7.10. The van der Waals surface area contributed by atoms with Gasteiger partial charge in [0.05, 0.1) is 6.61 Å². The molecule has 0 aliphatic carbocycles. The first kappa shape index (κ1) is 20.2. The van der Waals surface area contributed by atoms with E-state index in [1.54, 1.807) is 6.07 Å². The molecule has 150 valence electrons. The lowest BCUT2D eigenvalue weighted by molar-refractivity contribution is 0.186. The quantitative estimate of drug-likeness (QED) is 0.712. The number of rotatable bonds is 6. The third-order valence-electron chi connectivity index (χ3n) is 4.94. The molecule has 0 spiro atoms. The number of aliphatic hydroxyl groups excluding tert-OH is 1. The third-order valence-corrected chi connectivity index (χ3v) is 4.94. The molecule has 2 aromatic carbocycles. The first-order chi connectivity index (χ1) is 13.5. The number of hydrogen-bond acceptors (Lipinski definition) is 3. The predicted octanol–water partition coefficient (Wildman–Crippen LogP) is 2.92. The minimum absolute atomic E-state index is 0.0246. The van der Waals surface area contributed by atoms with Gasteiger partial charge in [0.15, 0.2) is 11.6 Å². The molecule has 0 atom stereocenters. The van der Waals surface area contributed by atoms with Crippen LogP contribution < -0.4 is 10.6 Å². The molecule has 5 nitrogen and oxygen atoms in total. The largest absolute Gasteiger partial charge is 0.392 e. The lowest BCUT2D eigenvalue weighted by Crippen LogP contribution is -2.47. The fourth-order valence-corrected chi connectivity index (χ4v) is 3.39. The Hall–Kier alpha value is -2.51. The van der Waals surface area contributed by atoms with Crippen molar-refractivity contribution in [3.05, 3.63) is 70.8 Å². The van der Waals surface area contributed by atoms with Gasteiger partial charge >= 0.3 is 6.03 Å². The first-order valence-corrected chi connectivity index (χ1v) is 9.43. The van der Waals surface area contributed by atoms with Crippen LogP contribution in [0, 0.1) is 11.6 Å². The van der Waals surface area contributed by atoms with E-state index in [9.17, 15) is 13.6 Å². The number of carbonyl (C=O) groups is 1. The van der Waals surface area contributed by atoms with Crippen molar-refractivity contribution >= 4 is 6.03 Å². The first-order valence-electron chi connectivity index (χ1n) is 9.43. The summed E-state index contributed by atoms with van der Waals surface area (Å²) in [7, 11) is 0. The summed E-state index contributed by atoms with van der Waals surface area (Å²) in [5, 5.41) is 15.0. The molecule has 7 heteroatoms. The van der Waals surface area contributed by atoms with Gasteiger partial charge in [-0.2, -0.15) is 0 Å². The summed E-state index contributed by atoms with van der Waals surface area (Å²) in [6, 6.07) is 11.3. The molecular formula is C21H25F2N3O2. The van der Waals surface area contributed by atoms with Gasteiger partial charge in [-0.15, -0.1) is 0 Å². The summed E-state index contributed by atoms with van der Waals surface area (Å²) in [5.74, 6) is -1.66. The van der Waals surface area contributed by atoms with Gasteiger partial charge in [0, 0.05) is 32.2 Å². The average Bonchev–Trinajstić information content (AvgIpc) is 2.71. The van der Waals surface area contributed by atoms with Crippen LogP contribution in [0.4, 0.5) is 13.6 Å². The van der Waals surface area contributed by atoms with Crippen LogP contribution in [0.15, 0.2) is 42.5 Å². The van der Waals surface area contributed by atoms with Crippen molar-refractivity contribution in [2.24, 2.45) is 0 Å². The Kier molecular flexibility index (Phi) is 6.95. The number of benzene rings is 2. The molecule has 1 fully saturated rings. The van der Waals surface area contributed by atoms with Crippen LogP contribution in [0.1, 0.15) is 29.5 Å². The lowest BCUT2D eigenvalue weighted by Gasteiger charge is -2.32. The van der Waals surface area contributed by atoms with E-state index in [-0.39, 0.29) is 18.7 Å². The van der Waals surface area contributed by atoms with Gasteiger partial charge in [-0.25, -0.2) is 13.6 Å². The standard InChI is InChI=1S/C21H25F2N3O2/c22-19-5-4-16(11-20(19)23)13-26-8-6-18(7-9-26)25-21(28)24-12-15-2-1-3-17(10-15)14-27/h1-5,10-11,18,27H,6-9,12-14H2,(H2,24,25,28). The summed E-state index contributed by atoms with van der Waals surface area (Å²) in [5.41, 5.74) is 2.49. The monoisotopic (exact) mass is 389 g/mol. The maximum atomic E-state index is 13.3. The Bertz CT molecular complexity index is 808. The van der Waals surface area contributed by atoms with Crippen molar-refractivity contribution in [2.75, 3.05) is 13.1 Å². The van der Waals surface area contributed by atoms with Gasteiger partial charge in [0.2, 0.25) is 0 Å². The Labute approximate surface area is 163 Å². The van der Waals surface area contributed by atoms with Crippen LogP contribution in [-0.2, 0) is 19.7 Å². The normalized spacial score (nSPS) is 15.4. The van der Waals surface area contributed by atoms with E-state index in [0.717, 1.165) is 48.7 Å². The molecule has 0 unspecified atom stereocenters. The minimum Gasteiger partial charge on any atom is -0.392 e. The number of amides is 2. The Morgan fingerprint density at radius 2 is 1.79 bits per heavy atom. The summed E-state index contributed by atoms with van der Waals surface area (Å²) in [6.45, 7) is 2.50. The molecule has 28 heavy (non-hydrogen) atoms. The number of carbonyl (C=O) groups excluding carboxylic acids is 1. The van der Waals surface area contributed by atoms with Crippen LogP contribution in [0.5, 0.6) is 0 Å². The molecule has 1 aliphatic heterocycles. The van der Waals surface area contributed by atoms with E-state index in [4.69, 9.17) is 5.11 Å². The maximum absolute atomic E-state index is 13.3. The topological polar surface area (TPSA) is 64.6 Å². The van der Waals surface area contributed by atoms with Crippen molar-refractivity contribution in [1.29, 1.82) is 0 Å². The fraction of sp³-hybridized carbons (Fsp3) is 0.381. The molecular weight excluding hydrogens is 364 g/mol. The molecule has 3 N–H and O–H groups in total. The van der Waals surface area contributed by atoms with Gasteiger partial charge in [-0.1, -0.05) is 30.3 Å². The second kappa shape index (κ2) is 9.61. The zero-order chi connectivity index (χ0) is 19.9. The SMILES string of the molecule is O=C(NCc1cccc(CO)c1)NC1CCN(Cc2ccc(F)c(F)c2)CC1. The summed E-state index contributed by atoms with van der Waals surface area (Å²) >= 11 is 0. The zero-order valence-corrected chi connectivity index (χ0v) is 15.6. The predicted molar refractivity (Wildman–Crippen MR) is 102 cm³/mol. The van der Waals surface area contributed by atoms with E-state index in [1.165, 1.54) is 6.07 Å². The highest BCUT2D eigenvalue weighted by atomic mass is 19.2. The number of hydrogen-bond donors (Lipinski definition) is 3. The Morgan fingerprint density at radius 1 is 1.04 bits per heavy atom. The number of nitrogens with zero attached hydrogens (tertiary/aromatic N) is 1. The zero-order valence-electron chi connectivity index (χ0n) is 15.6. The van der Waals surface area contributed by atoms with E-state index in [1.807, 2.05) is 24.3 Å². The van der Waals surface area contributed by atoms with Crippen LogP contribution in [-0.4, -0.2) is 35.2 Å². The number of urea groups is 1. The van der Waals surface area contributed by atoms with E-state index >= 15 is 0 Å². The molecule has 2 aromatic rings. The highest BCUT2D eigenvalue weighted by Gasteiger charge is 2.21. The number of nitrogens with one attached hydrogen (secondary N) is 2. The summed E-state index contributed by atoms with van der Waals surface area (Å²) in [6.07, 6.45) is 1.61. The molecule has 3 rings (SSSR count). The van der Waals surface area contributed by atoms with Crippen molar-refractivity contribution in [1.82, 2.24) is 15.5 Å². The van der Waals surface area contributed by atoms with E-state index < -0.39 is 11.6 Å². The van der Waals surface area contributed by atoms with E-state index in [0.29, 0.717) is 13.1 Å². The lowest BCUT2D eigenvalue weighted by atomic mass is 10.0. The van der Waals surface area contributed by atoms with Gasteiger partial charge < -0.3 is 15.7 Å². The van der Waals surface area contributed by atoms with Crippen molar-refractivity contribution < 1.29 is 18.7 Å². The van der Waals surface area contributed by atoms with Crippen molar-refractivity contribution in [3.8, 4) is 0 Å². The van der Waals surface area contributed by atoms with Crippen LogP contribution in [0.2, 0.25) is 0 Å². The molecule has 1 heterocycles. The highest BCUT2D eigenvalue weighted by Crippen LogP contribution is 2.16.